The summed E-state index contributed by atoms with van der Waals surface area (Å²) in [4.78, 5) is 15.9. The highest BCUT2D eigenvalue weighted by Crippen LogP contribution is 2.08. The summed E-state index contributed by atoms with van der Waals surface area (Å²) in [6.07, 6.45) is 4.22. The molecule has 0 saturated carbocycles. The van der Waals surface area contributed by atoms with E-state index in [0.29, 0.717) is 25.5 Å². The van der Waals surface area contributed by atoms with E-state index in [0.717, 1.165) is 6.42 Å². The average Bonchev–Trinajstić information content (AvgIpc) is 2.81. The lowest BCUT2D eigenvalue weighted by atomic mass is 10.3. The lowest BCUT2D eigenvalue weighted by molar-refractivity contribution is -0.123. The molecule has 0 fully saturated rings. The fraction of sp³-hybridized carbons (Fsp3) is 0.636. The van der Waals surface area contributed by atoms with Crippen LogP contribution in [0.4, 0.5) is 0 Å². The molecule has 1 unspecified atom stereocenters. The SMILES string of the molecule is COCCCNC(=O)C(C)n1ccnc1CN. The van der Waals surface area contributed by atoms with Gasteiger partial charge in [0, 0.05) is 32.7 Å². The summed E-state index contributed by atoms with van der Waals surface area (Å²) in [5.41, 5.74) is 5.54. The Morgan fingerprint density at radius 1 is 1.71 bits per heavy atom. The van der Waals surface area contributed by atoms with Crippen molar-refractivity contribution in [1.82, 2.24) is 14.9 Å². The molecule has 6 nitrogen and oxygen atoms in total. The van der Waals surface area contributed by atoms with Crippen LogP contribution in [0.15, 0.2) is 12.4 Å². The summed E-state index contributed by atoms with van der Waals surface area (Å²) < 4.78 is 6.69. The van der Waals surface area contributed by atoms with E-state index in [9.17, 15) is 4.79 Å². The number of nitrogens with one attached hydrogen (secondary N) is 1. The van der Waals surface area contributed by atoms with Crippen molar-refractivity contribution in [1.29, 1.82) is 0 Å². The summed E-state index contributed by atoms with van der Waals surface area (Å²) in [5, 5.41) is 2.85. The van der Waals surface area contributed by atoms with Crippen LogP contribution in [0.2, 0.25) is 0 Å². The van der Waals surface area contributed by atoms with Crippen molar-refractivity contribution in [3.05, 3.63) is 18.2 Å². The third kappa shape index (κ3) is 3.83. The Kier molecular flexibility index (Phi) is 5.65. The van der Waals surface area contributed by atoms with Crippen LogP contribution >= 0.6 is 0 Å². The summed E-state index contributed by atoms with van der Waals surface area (Å²) in [6.45, 7) is 3.41. The molecule has 17 heavy (non-hydrogen) atoms. The van der Waals surface area contributed by atoms with Crippen LogP contribution in [-0.2, 0) is 16.1 Å². The number of carbonyl (C=O) groups is 1. The highest BCUT2D eigenvalue weighted by Gasteiger charge is 2.16. The van der Waals surface area contributed by atoms with Crippen LogP contribution in [0, 0.1) is 0 Å². The van der Waals surface area contributed by atoms with Crippen molar-refractivity contribution in [3.8, 4) is 0 Å². The zero-order valence-electron chi connectivity index (χ0n) is 10.3. The van der Waals surface area contributed by atoms with Gasteiger partial charge in [0.2, 0.25) is 5.91 Å². The topological polar surface area (TPSA) is 82.2 Å². The maximum atomic E-state index is 11.8. The van der Waals surface area contributed by atoms with Gasteiger partial charge in [-0.15, -0.1) is 0 Å². The molecule has 0 aliphatic carbocycles. The molecule has 1 amide bonds. The van der Waals surface area contributed by atoms with Crippen molar-refractivity contribution in [2.75, 3.05) is 20.3 Å². The lowest BCUT2D eigenvalue weighted by Crippen LogP contribution is -2.32. The van der Waals surface area contributed by atoms with Crippen molar-refractivity contribution in [2.45, 2.75) is 25.9 Å². The molecule has 1 atom stereocenters. The Morgan fingerprint density at radius 2 is 2.47 bits per heavy atom. The van der Waals surface area contributed by atoms with Gasteiger partial charge in [0.1, 0.15) is 11.9 Å². The van der Waals surface area contributed by atoms with Gasteiger partial charge in [-0.3, -0.25) is 4.79 Å². The summed E-state index contributed by atoms with van der Waals surface area (Å²) in [5.74, 6) is 0.679. The van der Waals surface area contributed by atoms with Crippen LogP contribution in [0.1, 0.15) is 25.2 Å². The summed E-state index contributed by atoms with van der Waals surface area (Å²) in [6, 6.07) is -0.293. The molecular weight excluding hydrogens is 220 g/mol. The second-order valence-electron chi connectivity index (χ2n) is 3.77. The number of hydrogen-bond donors (Lipinski definition) is 2. The Balaban J connectivity index is 2.46. The molecule has 0 spiro atoms. The van der Waals surface area contributed by atoms with Gasteiger partial charge in [-0.2, -0.15) is 0 Å². The van der Waals surface area contributed by atoms with Gasteiger partial charge >= 0.3 is 0 Å². The maximum absolute atomic E-state index is 11.8. The number of ether oxygens (including phenoxy) is 1. The fourth-order valence-corrected chi connectivity index (χ4v) is 1.56. The second kappa shape index (κ2) is 7.03. The first kappa shape index (κ1) is 13.7. The van der Waals surface area contributed by atoms with Gasteiger partial charge in [-0.05, 0) is 13.3 Å². The minimum atomic E-state index is -0.293. The highest BCUT2D eigenvalue weighted by atomic mass is 16.5. The molecule has 0 aromatic carbocycles. The van der Waals surface area contributed by atoms with Crippen LogP contribution in [0.5, 0.6) is 0 Å². The van der Waals surface area contributed by atoms with Crippen molar-refractivity contribution < 1.29 is 9.53 Å². The van der Waals surface area contributed by atoms with Crippen molar-refractivity contribution in [3.63, 3.8) is 0 Å². The van der Waals surface area contributed by atoms with E-state index < -0.39 is 0 Å². The Morgan fingerprint density at radius 3 is 3.12 bits per heavy atom. The predicted octanol–water partition coefficient (Wildman–Crippen LogP) is 0.0555. The zero-order chi connectivity index (χ0) is 12.7. The number of nitrogens with zero attached hydrogens (tertiary/aromatic N) is 2. The molecular formula is C11H20N4O2. The number of rotatable bonds is 7. The smallest absolute Gasteiger partial charge is 0.242 e. The molecule has 96 valence electrons. The minimum absolute atomic E-state index is 0.0335. The summed E-state index contributed by atoms with van der Waals surface area (Å²) >= 11 is 0. The Bertz CT molecular complexity index is 351. The number of methoxy groups -OCH3 is 1. The number of amides is 1. The van der Waals surface area contributed by atoms with Gasteiger partial charge < -0.3 is 20.4 Å². The third-order valence-electron chi connectivity index (χ3n) is 2.55. The highest BCUT2D eigenvalue weighted by molar-refractivity contribution is 5.79. The monoisotopic (exact) mass is 240 g/mol. The van der Waals surface area contributed by atoms with Crippen LogP contribution < -0.4 is 11.1 Å². The number of aromatic nitrogens is 2. The first-order chi connectivity index (χ1) is 8.20. The molecule has 0 saturated heterocycles. The standard InChI is InChI=1S/C11H20N4O2/c1-9(11(16)14-4-3-7-17-2)15-6-5-13-10(15)8-12/h5-6,9H,3-4,7-8,12H2,1-2H3,(H,14,16). The molecule has 0 aliphatic heterocycles. The molecule has 6 heteroatoms. The quantitative estimate of drug-likeness (QED) is 0.660. The largest absolute Gasteiger partial charge is 0.385 e. The first-order valence-electron chi connectivity index (χ1n) is 5.69. The first-order valence-corrected chi connectivity index (χ1v) is 5.69. The Hall–Kier alpha value is -1.40. The van der Waals surface area contributed by atoms with E-state index in [1.165, 1.54) is 0 Å². The van der Waals surface area contributed by atoms with Crippen molar-refractivity contribution in [2.24, 2.45) is 5.73 Å². The minimum Gasteiger partial charge on any atom is -0.385 e. The van der Waals surface area contributed by atoms with Crippen LogP contribution in [-0.4, -0.2) is 35.7 Å². The molecule has 1 heterocycles. The molecule has 3 N–H and O–H groups in total. The zero-order valence-corrected chi connectivity index (χ0v) is 10.3. The van der Waals surface area contributed by atoms with E-state index in [-0.39, 0.29) is 11.9 Å². The summed E-state index contributed by atoms with van der Waals surface area (Å²) in [7, 11) is 1.64. The molecule has 1 aromatic heterocycles. The number of imidazole rings is 1. The second-order valence-corrected chi connectivity index (χ2v) is 3.77. The van der Waals surface area contributed by atoms with Gasteiger partial charge in [0.05, 0.1) is 6.54 Å². The van der Waals surface area contributed by atoms with Gasteiger partial charge in [-0.1, -0.05) is 0 Å². The van der Waals surface area contributed by atoms with Gasteiger partial charge in [0.25, 0.3) is 0 Å². The molecule has 0 aliphatic rings. The molecule has 0 radical (unpaired) electrons. The van der Waals surface area contributed by atoms with E-state index in [4.69, 9.17) is 10.5 Å². The predicted molar refractivity (Wildman–Crippen MR) is 64.3 cm³/mol. The third-order valence-corrected chi connectivity index (χ3v) is 2.55. The van der Waals surface area contributed by atoms with Crippen LogP contribution in [0.25, 0.3) is 0 Å². The molecule has 1 rings (SSSR count). The molecule has 0 bridgehead atoms. The van der Waals surface area contributed by atoms with E-state index in [1.807, 2.05) is 6.92 Å². The fourth-order valence-electron chi connectivity index (χ4n) is 1.56. The normalized spacial score (nSPS) is 12.4. The van der Waals surface area contributed by atoms with E-state index in [2.05, 4.69) is 10.3 Å². The maximum Gasteiger partial charge on any atom is 0.242 e. The average molecular weight is 240 g/mol. The molecule has 1 aromatic rings. The Labute approximate surface area is 101 Å². The lowest BCUT2D eigenvalue weighted by Gasteiger charge is -2.15. The number of carbonyl (C=O) groups excluding carboxylic acids is 1. The van der Waals surface area contributed by atoms with Gasteiger partial charge in [0.15, 0.2) is 0 Å². The van der Waals surface area contributed by atoms with E-state index >= 15 is 0 Å². The van der Waals surface area contributed by atoms with E-state index in [1.54, 1.807) is 24.1 Å². The van der Waals surface area contributed by atoms with Gasteiger partial charge in [-0.25, -0.2) is 4.98 Å². The van der Waals surface area contributed by atoms with Crippen LogP contribution in [0.3, 0.4) is 0 Å². The number of nitrogens with two attached hydrogens (primary N) is 1. The van der Waals surface area contributed by atoms with Crippen molar-refractivity contribution >= 4 is 5.91 Å². The number of hydrogen-bond acceptors (Lipinski definition) is 4.